The zero-order chi connectivity index (χ0) is 23.4. The van der Waals surface area contributed by atoms with Gasteiger partial charge in [-0.3, -0.25) is 9.59 Å². The minimum Gasteiger partial charge on any atom is -0.353 e. The van der Waals surface area contributed by atoms with Crippen LogP contribution in [0.4, 0.5) is 0 Å². The largest absolute Gasteiger partial charge is 0.353 e. The number of hydrogen-bond acceptors (Lipinski definition) is 4. The number of nitrogens with one attached hydrogen (secondary N) is 1. The molecular formula is C26H33N5O2. The number of rotatable bonds is 7. The van der Waals surface area contributed by atoms with Crippen molar-refractivity contribution in [2.24, 2.45) is 0 Å². The van der Waals surface area contributed by atoms with Gasteiger partial charge in [-0.2, -0.15) is 5.10 Å². The Labute approximate surface area is 195 Å². The third-order valence-corrected chi connectivity index (χ3v) is 6.57. The molecule has 0 atom stereocenters. The van der Waals surface area contributed by atoms with Crippen molar-refractivity contribution in [3.8, 4) is 0 Å². The quantitative estimate of drug-likeness (QED) is 0.603. The molecule has 0 aliphatic carbocycles. The van der Waals surface area contributed by atoms with E-state index in [0.29, 0.717) is 32.4 Å². The molecule has 7 heteroatoms. The van der Waals surface area contributed by atoms with Gasteiger partial charge in [0.05, 0.1) is 5.69 Å². The van der Waals surface area contributed by atoms with E-state index in [1.807, 2.05) is 66.6 Å². The third-order valence-electron chi connectivity index (χ3n) is 6.57. The number of amides is 2. The summed E-state index contributed by atoms with van der Waals surface area (Å²) in [7, 11) is 0. The molecule has 2 amide bonds. The van der Waals surface area contributed by atoms with Crippen LogP contribution in [0.15, 0.2) is 36.4 Å². The smallest absolute Gasteiger partial charge is 0.222 e. The first kappa shape index (κ1) is 23.0. The number of piperidine rings is 1. The summed E-state index contributed by atoms with van der Waals surface area (Å²) >= 11 is 0. The van der Waals surface area contributed by atoms with E-state index in [1.54, 1.807) is 0 Å². The van der Waals surface area contributed by atoms with Crippen molar-refractivity contribution in [1.82, 2.24) is 24.8 Å². The number of nitrogens with zero attached hydrogens (tertiary/aromatic N) is 4. The zero-order valence-electron chi connectivity index (χ0n) is 19.8. The van der Waals surface area contributed by atoms with Crippen molar-refractivity contribution in [2.75, 3.05) is 13.1 Å². The molecule has 0 radical (unpaired) electrons. The second-order valence-electron chi connectivity index (χ2n) is 9.03. The molecule has 0 saturated carbocycles. The molecule has 1 saturated heterocycles. The number of carbonyl (C=O) groups is 2. The Morgan fingerprint density at radius 1 is 1.03 bits per heavy atom. The van der Waals surface area contributed by atoms with Crippen LogP contribution in [0.3, 0.4) is 0 Å². The van der Waals surface area contributed by atoms with Crippen molar-refractivity contribution in [1.29, 1.82) is 0 Å². The molecule has 0 bridgehead atoms. The molecule has 0 unspecified atom stereocenters. The Bertz CT molecular complexity index is 1130. The predicted octanol–water partition coefficient (Wildman–Crippen LogP) is 3.33. The molecule has 33 heavy (non-hydrogen) atoms. The lowest BCUT2D eigenvalue weighted by Gasteiger charge is -2.32. The molecule has 7 nitrogen and oxygen atoms in total. The first-order chi connectivity index (χ1) is 15.9. The Kier molecular flexibility index (Phi) is 7.06. The van der Waals surface area contributed by atoms with Crippen LogP contribution < -0.4 is 5.32 Å². The highest BCUT2D eigenvalue weighted by atomic mass is 16.2. The number of hydrogen-bond donors (Lipinski definition) is 1. The monoisotopic (exact) mass is 447 g/mol. The molecule has 1 aliphatic heterocycles. The molecule has 1 aliphatic rings. The number of carbonyl (C=O) groups excluding carboxylic acids is 2. The highest BCUT2D eigenvalue weighted by Crippen LogP contribution is 2.19. The van der Waals surface area contributed by atoms with Gasteiger partial charge in [-0.25, -0.2) is 9.50 Å². The molecule has 1 N–H and O–H groups in total. The Morgan fingerprint density at radius 3 is 2.48 bits per heavy atom. The predicted molar refractivity (Wildman–Crippen MR) is 128 cm³/mol. The molecule has 3 heterocycles. The number of fused-ring (bicyclic) bond motifs is 1. The highest BCUT2D eigenvalue weighted by Gasteiger charge is 2.24. The summed E-state index contributed by atoms with van der Waals surface area (Å²) in [5, 5.41) is 7.66. The lowest BCUT2D eigenvalue weighted by atomic mass is 10.0. The van der Waals surface area contributed by atoms with E-state index in [9.17, 15) is 9.59 Å². The zero-order valence-corrected chi connectivity index (χ0v) is 19.8. The normalized spacial score (nSPS) is 14.6. The van der Waals surface area contributed by atoms with Gasteiger partial charge in [-0.15, -0.1) is 0 Å². The minimum absolute atomic E-state index is 0.0892. The summed E-state index contributed by atoms with van der Waals surface area (Å²) < 4.78 is 1.87. The molecule has 0 spiro atoms. The van der Waals surface area contributed by atoms with Crippen molar-refractivity contribution < 1.29 is 9.59 Å². The Hall–Kier alpha value is -3.22. The van der Waals surface area contributed by atoms with E-state index in [0.717, 1.165) is 47.6 Å². The van der Waals surface area contributed by atoms with Gasteiger partial charge in [0.25, 0.3) is 0 Å². The lowest BCUT2D eigenvalue weighted by Crippen LogP contribution is -2.46. The molecule has 3 aromatic rings. The number of aryl methyl sites for hydroxylation is 4. The van der Waals surface area contributed by atoms with Gasteiger partial charge in [0.2, 0.25) is 11.8 Å². The molecule has 174 valence electrons. The maximum atomic E-state index is 12.8. The van der Waals surface area contributed by atoms with Crippen LogP contribution in [0.5, 0.6) is 0 Å². The average molecular weight is 448 g/mol. The number of likely N-dealkylation sites (tertiary alicyclic amines) is 1. The summed E-state index contributed by atoms with van der Waals surface area (Å²) in [6.45, 7) is 7.38. The van der Waals surface area contributed by atoms with Crippen molar-refractivity contribution in [2.45, 2.75) is 65.3 Å². The van der Waals surface area contributed by atoms with E-state index in [2.05, 4.69) is 15.4 Å². The van der Waals surface area contributed by atoms with Crippen LogP contribution in [-0.4, -0.2) is 50.4 Å². The van der Waals surface area contributed by atoms with E-state index in [1.165, 1.54) is 5.56 Å². The van der Waals surface area contributed by atoms with Crippen molar-refractivity contribution >= 4 is 17.5 Å². The maximum Gasteiger partial charge on any atom is 0.222 e. The SMILES string of the molecule is Cc1cc2nc(C)c(CCC(=O)N3CCC(NC(=O)CCc4ccccc4)CC3)c(C)n2n1. The van der Waals surface area contributed by atoms with Gasteiger partial charge in [0, 0.05) is 49.4 Å². The summed E-state index contributed by atoms with van der Waals surface area (Å²) in [6.07, 6.45) is 3.98. The van der Waals surface area contributed by atoms with E-state index < -0.39 is 0 Å². The van der Waals surface area contributed by atoms with E-state index in [-0.39, 0.29) is 17.9 Å². The second-order valence-corrected chi connectivity index (χ2v) is 9.03. The lowest BCUT2D eigenvalue weighted by molar-refractivity contribution is -0.132. The molecule has 1 aromatic carbocycles. The van der Waals surface area contributed by atoms with Crippen molar-refractivity contribution in [3.63, 3.8) is 0 Å². The summed E-state index contributed by atoms with van der Waals surface area (Å²) in [4.78, 5) is 31.7. The fourth-order valence-corrected chi connectivity index (χ4v) is 4.67. The summed E-state index contributed by atoms with van der Waals surface area (Å²) in [5.74, 6) is 0.255. The van der Waals surface area contributed by atoms with Crippen LogP contribution in [0, 0.1) is 20.8 Å². The molecule has 2 aromatic heterocycles. The van der Waals surface area contributed by atoms with Gasteiger partial charge in [-0.05, 0) is 57.6 Å². The van der Waals surface area contributed by atoms with E-state index in [4.69, 9.17) is 0 Å². The van der Waals surface area contributed by atoms with E-state index >= 15 is 0 Å². The van der Waals surface area contributed by atoms with Gasteiger partial charge in [-0.1, -0.05) is 30.3 Å². The molecule has 4 rings (SSSR count). The van der Waals surface area contributed by atoms with Crippen LogP contribution in [-0.2, 0) is 22.4 Å². The number of aromatic nitrogens is 3. The van der Waals surface area contributed by atoms with Crippen LogP contribution in [0.25, 0.3) is 5.65 Å². The fraction of sp³-hybridized carbons (Fsp3) is 0.462. The van der Waals surface area contributed by atoms with Gasteiger partial charge in [0.1, 0.15) is 0 Å². The first-order valence-electron chi connectivity index (χ1n) is 11.8. The third kappa shape index (κ3) is 5.59. The Balaban J connectivity index is 1.23. The maximum absolute atomic E-state index is 12.8. The average Bonchev–Trinajstić information content (AvgIpc) is 3.19. The fourth-order valence-electron chi connectivity index (χ4n) is 4.67. The first-order valence-corrected chi connectivity index (χ1v) is 11.8. The molecule has 1 fully saturated rings. The van der Waals surface area contributed by atoms with Gasteiger partial charge >= 0.3 is 0 Å². The second kappa shape index (κ2) is 10.1. The van der Waals surface area contributed by atoms with Crippen molar-refractivity contribution in [3.05, 3.63) is 64.6 Å². The summed E-state index contributed by atoms with van der Waals surface area (Å²) in [6, 6.07) is 12.2. The van der Waals surface area contributed by atoms with Crippen LogP contribution in [0.2, 0.25) is 0 Å². The highest BCUT2D eigenvalue weighted by molar-refractivity contribution is 5.77. The minimum atomic E-state index is 0.0892. The number of benzene rings is 1. The summed E-state index contributed by atoms with van der Waals surface area (Å²) in [5.41, 5.74) is 6.08. The van der Waals surface area contributed by atoms with Crippen LogP contribution >= 0.6 is 0 Å². The standard InChI is InChI=1S/C26H33N5O2/c1-18-17-24-27-19(2)23(20(3)31(24)29-18)10-12-26(33)30-15-13-22(14-16-30)28-25(32)11-9-21-7-5-4-6-8-21/h4-8,17,22H,9-16H2,1-3H3,(H,28,32). The topological polar surface area (TPSA) is 79.6 Å². The molecular weight excluding hydrogens is 414 g/mol. The van der Waals surface area contributed by atoms with Crippen LogP contribution in [0.1, 0.15) is 53.9 Å². The van der Waals surface area contributed by atoms with Gasteiger partial charge < -0.3 is 10.2 Å². The van der Waals surface area contributed by atoms with Gasteiger partial charge in [0.15, 0.2) is 5.65 Å². The Morgan fingerprint density at radius 2 is 1.76 bits per heavy atom.